The number of para-hydroxylation sites is 2. The zero-order valence-electron chi connectivity index (χ0n) is 16.0. The van der Waals surface area contributed by atoms with Crippen molar-refractivity contribution in [3.63, 3.8) is 0 Å². The smallest absolute Gasteiger partial charge is 0.407 e. The summed E-state index contributed by atoms with van der Waals surface area (Å²) >= 11 is 0. The van der Waals surface area contributed by atoms with Crippen molar-refractivity contribution in [1.82, 2.24) is 18.9 Å². The highest BCUT2D eigenvalue weighted by Crippen LogP contribution is 2.26. The maximum absolute atomic E-state index is 13.2. The van der Waals surface area contributed by atoms with Crippen LogP contribution in [-0.2, 0) is 6.54 Å². The molecule has 1 fully saturated rings. The first kappa shape index (κ1) is 19.1. The Kier molecular flexibility index (Phi) is 5.04. The van der Waals surface area contributed by atoms with Crippen LogP contribution in [0.4, 0.5) is 9.59 Å². The van der Waals surface area contributed by atoms with Gasteiger partial charge >= 0.3 is 17.9 Å². The van der Waals surface area contributed by atoms with Gasteiger partial charge < -0.3 is 20.0 Å². The molecule has 2 amide bonds. The molecule has 1 aliphatic heterocycles. The number of aryl methyl sites for hydroxylation is 1. The van der Waals surface area contributed by atoms with E-state index >= 15 is 0 Å². The third-order valence-electron chi connectivity index (χ3n) is 5.82. The predicted molar refractivity (Wildman–Crippen MR) is 107 cm³/mol. The number of rotatable bonds is 4. The average molecular weight is 400 g/mol. The highest BCUT2D eigenvalue weighted by atomic mass is 16.4. The summed E-state index contributed by atoms with van der Waals surface area (Å²) in [5, 5.41) is 18.8. The molecular formula is C20H24N4O5. The molecule has 2 heterocycles. The van der Waals surface area contributed by atoms with Crippen LogP contribution in [0.3, 0.4) is 0 Å². The van der Waals surface area contributed by atoms with Crippen LogP contribution in [0, 0.1) is 0 Å². The number of nitrogens with zero attached hydrogens (tertiary/aromatic N) is 4. The fraction of sp³-hybridized carbons (Fsp3) is 0.450. The van der Waals surface area contributed by atoms with Crippen molar-refractivity contribution in [2.75, 3.05) is 19.6 Å². The zero-order chi connectivity index (χ0) is 20.5. The normalized spacial score (nSPS) is 19.6. The highest BCUT2D eigenvalue weighted by molar-refractivity contribution is 5.80. The second-order valence-electron chi connectivity index (χ2n) is 7.49. The Morgan fingerprint density at radius 2 is 1.83 bits per heavy atom. The lowest BCUT2D eigenvalue weighted by molar-refractivity contribution is 0.0597. The maximum atomic E-state index is 13.2. The molecule has 2 aliphatic rings. The first-order valence-electron chi connectivity index (χ1n) is 9.84. The lowest BCUT2D eigenvalue weighted by atomic mass is 10.1. The summed E-state index contributed by atoms with van der Waals surface area (Å²) in [6.07, 6.45) is 3.19. The number of hydrogen-bond donors (Lipinski definition) is 2. The van der Waals surface area contributed by atoms with Crippen molar-refractivity contribution >= 4 is 28.9 Å². The molecule has 1 aromatic heterocycles. The second-order valence-corrected chi connectivity index (χ2v) is 7.49. The van der Waals surface area contributed by atoms with Crippen molar-refractivity contribution < 1.29 is 19.8 Å². The largest absolute Gasteiger partial charge is 0.465 e. The van der Waals surface area contributed by atoms with Crippen LogP contribution in [-0.4, -0.2) is 67.0 Å². The number of fused-ring (bicyclic) bond motifs is 1. The summed E-state index contributed by atoms with van der Waals surface area (Å²) in [6, 6.07) is 7.10. The summed E-state index contributed by atoms with van der Waals surface area (Å²) in [7, 11) is 0. The molecule has 154 valence electrons. The topological polar surface area (TPSA) is 108 Å². The molecule has 0 spiro atoms. The molecule has 0 saturated carbocycles. The molecule has 2 N–H and O–H groups in total. The monoisotopic (exact) mass is 400 g/mol. The van der Waals surface area contributed by atoms with Crippen LogP contribution in [0.5, 0.6) is 0 Å². The van der Waals surface area contributed by atoms with Crippen LogP contribution in [0.2, 0.25) is 0 Å². The molecule has 29 heavy (non-hydrogen) atoms. The fourth-order valence-electron chi connectivity index (χ4n) is 4.37. The van der Waals surface area contributed by atoms with Crippen molar-refractivity contribution in [3.05, 3.63) is 40.8 Å². The van der Waals surface area contributed by atoms with Crippen LogP contribution >= 0.6 is 0 Å². The molecular weight excluding hydrogens is 376 g/mol. The van der Waals surface area contributed by atoms with Crippen molar-refractivity contribution in [2.45, 2.75) is 38.3 Å². The van der Waals surface area contributed by atoms with Gasteiger partial charge in [0.15, 0.2) is 0 Å². The zero-order valence-corrected chi connectivity index (χ0v) is 16.0. The van der Waals surface area contributed by atoms with Crippen molar-refractivity contribution in [3.8, 4) is 0 Å². The number of carboxylic acid groups (broad SMARTS) is 2. The van der Waals surface area contributed by atoms with Gasteiger partial charge in [0, 0.05) is 31.9 Å². The summed E-state index contributed by atoms with van der Waals surface area (Å²) in [6.45, 7) is 0.725. The van der Waals surface area contributed by atoms with E-state index in [2.05, 4.69) is 6.08 Å². The fourth-order valence-corrected chi connectivity index (χ4v) is 4.37. The molecule has 0 bridgehead atoms. The van der Waals surface area contributed by atoms with E-state index in [1.807, 2.05) is 24.3 Å². The quantitative estimate of drug-likeness (QED) is 0.820. The van der Waals surface area contributed by atoms with Crippen molar-refractivity contribution in [1.29, 1.82) is 0 Å². The first-order chi connectivity index (χ1) is 14.0. The maximum Gasteiger partial charge on any atom is 0.407 e. The Balaban J connectivity index is 1.64. The molecule has 2 aromatic rings. The van der Waals surface area contributed by atoms with Gasteiger partial charge in [-0.15, -0.1) is 0 Å². The van der Waals surface area contributed by atoms with Gasteiger partial charge in [-0.25, -0.2) is 14.4 Å². The molecule has 1 saturated heterocycles. The van der Waals surface area contributed by atoms with E-state index in [1.54, 1.807) is 9.13 Å². The molecule has 4 rings (SSSR count). The Labute approximate surface area is 167 Å². The lowest BCUT2D eigenvalue weighted by Crippen LogP contribution is -2.56. The van der Waals surface area contributed by atoms with Gasteiger partial charge in [0.05, 0.1) is 17.1 Å². The minimum Gasteiger partial charge on any atom is -0.465 e. The summed E-state index contributed by atoms with van der Waals surface area (Å²) in [5.41, 5.74) is 2.52. The van der Waals surface area contributed by atoms with E-state index < -0.39 is 18.2 Å². The van der Waals surface area contributed by atoms with Gasteiger partial charge in [-0.05, 0) is 37.8 Å². The Morgan fingerprint density at radius 3 is 2.48 bits per heavy atom. The van der Waals surface area contributed by atoms with Gasteiger partial charge in [0.25, 0.3) is 0 Å². The minimum atomic E-state index is -1.06. The standard InChI is InChI=1S/C20H24N4O5/c25-18-23(10-9-15-13-21(19(26)27)11-12-22(15)20(28)29)16-7-3-4-8-17(16)24(18)14-5-1-2-6-14/h3-5,7-8,15H,1-2,6,9-13H2,(H,26,27)(H,28,29)/t15-/m1/s1. The van der Waals surface area contributed by atoms with E-state index in [-0.39, 0.29) is 25.3 Å². The van der Waals surface area contributed by atoms with Gasteiger partial charge in [0.2, 0.25) is 0 Å². The van der Waals surface area contributed by atoms with E-state index in [9.17, 15) is 24.6 Å². The molecule has 1 atom stereocenters. The van der Waals surface area contributed by atoms with E-state index in [4.69, 9.17) is 0 Å². The Bertz CT molecular complexity index is 1040. The number of piperazine rings is 1. The first-order valence-corrected chi connectivity index (χ1v) is 9.84. The third-order valence-corrected chi connectivity index (χ3v) is 5.82. The molecule has 0 unspecified atom stereocenters. The second kappa shape index (κ2) is 7.65. The number of imidazole rings is 1. The SMILES string of the molecule is O=C(O)N1CCN(C(=O)O)[C@H](CCn2c(=O)n(C3=CCCC3)c3ccccc32)C1. The Morgan fingerprint density at radius 1 is 1.07 bits per heavy atom. The number of amides is 2. The van der Waals surface area contributed by atoms with Gasteiger partial charge in [-0.3, -0.25) is 9.13 Å². The van der Waals surface area contributed by atoms with E-state index in [1.165, 1.54) is 9.80 Å². The Hall–Kier alpha value is -3.23. The minimum absolute atomic E-state index is 0.111. The van der Waals surface area contributed by atoms with E-state index in [0.717, 1.165) is 36.0 Å². The summed E-state index contributed by atoms with van der Waals surface area (Å²) < 4.78 is 3.43. The average Bonchev–Trinajstić information content (AvgIpc) is 3.31. The molecule has 0 radical (unpaired) electrons. The van der Waals surface area contributed by atoms with Gasteiger partial charge in [-0.2, -0.15) is 0 Å². The highest BCUT2D eigenvalue weighted by Gasteiger charge is 2.32. The van der Waals surface area contributed by atoms with E-state index in [0.29, 0.717) is 13.0 Å². The van der Waals surface area contributed by atoms with Gasteiger partial charge in [0.1, 0.15) is 0 Å². The molecule has 1 aliphatic carbocycles. The molecule has 9 nitrogen and oxygen atoms in total. The summed E-state index contributed by atoms with van der Waals surface area (Å²) in [5.74, 6) is 0. The third kappa shape index (κ3) is 3.48. The van der Waals surface area contributed by atoms with Crippen LogP contribution in [0.15, 0.2) is 35.1 Å². The van der Waals surface area contributed by atoms with Gasteiger partial charge in [-0.1, -0.05) is 18.2 Å². The molecule has 9 heteroatoms. The van der Waals surface area contributed by atoms with Crippen LogP contribution < -0.4 is 5.69 Å². The summed E-state index contributed by atoms with van der Waals surface area (Å²) in [4.78, 5) is 38.6. The molecule has 1 aromatic carbocycles. The van der Waals surface area contributed by atoms with Crippen molar-refractivity contribution in [2.24, 2.45) is 0 Å². The van der Waals surface area contributed by atoms with Crippen LogP contribution in [0.1, 0.15) is 25.7 Å². The number of benzene rings is 1. The lowest BCUT2D eigenvalue weighted by Gasteiger charge is -2.38. The predicted octanol–water partition coefficient (Wildman–Crippen LogP) is 2.56. The number of aromatic nitrogens is 2. The number of allylic oxidation sites excluding steroid dienone is 2. The number of hydrogen-bond acceptors (Lipinski definition) is 3. The number of carbonyl (C=O) groups is 2. The van der Waals surface area contributed by atoms with Crippen LogP contribution in [0.25, 0.3) is 16.7 Å².